The number of fused-ring (bicyclic) bond motifs is 1. The average molecular weight is 545 g/mol. The van der Waals surface area contributed by atoms with Crippen LogP contribution in [-0.4, -0.2) is 40.0 Å². The number of aliphatic hydroxyl groups is 1. The lowest BCUT2D eigenvalue weighted by atomic mass is 9.92. The van der Waals surface area contributed by atoms with Gasteiger partial charge >= 0.3 is 14.0 Å². The lowest BCUT2D eigenvalue weighted by Crippen LogP contribution is -2.15. The van der Waals surface area contributed by atoms with Crippen LogP contribution in [0.4, 0.5) is 4.39 Å². The van der Waals surface area contributed by atoms with Crippen LogP contribution in [0.3, 0.4) is 0 Å². The van der Waals surface area contributed by atoms with E-state index in [1.165, 1.54) is 12.1 Å². The van der Waals surface area contributed by atoms with E-state index < -0.39 is 26.5 Å². The van der Waals surface area contributed by atoms with Crippen LogP contribution in [0.1, 0.15) is 37.4 Å². The van der Waals surface area contributed by atoms with Crippen LogP contribution in [-0.2, 0) is 13.9 Å². The van der Waals surface area contributed by atoms with Gasteiger partial charge in [-0.05, 0) is 45.0 Å². The lowest BCUT2D eigenvalue weighted by molar-refractivity contribution is -0.138. The topological polar surface area (TPSA) is 96.7 Å². The minimum absolute atomic E-state index is 0.00661. The number of aromatic nitrogens is 1. The van der Waals surface area contributed by atoms with Gasteiger partial charge in [-0.1, -0.05) is 80.3 Å². The van der Waals surface area contributed by atoms with E-state index in [0.717, 1.165) is 38.9 Å². The maximum Gasteiger partial charge on any atom is 0.511 e. The molecule has 6 nitrogen and oxygen atoms in total. The van der Waals surface area contributed by atoms with Crippen molar-refractivity contribution in [1.29, 1.82) is 0 Å². The number of aliphatic carboxylic acids is 1. The third-order valence-corrected chi connectivity index (χ3v) is 7.22. The van der Waals surface area contributed by atoms with Gasteiger partial charge < -0.3 is 10.2 Å². The van der Waals surface area contributed by atoms with E-state index in [1.807, 2.05) is 44.2 Å². The summed E-state index contributed by atoms with van der Waals surface area (Å²) in [6.45, 7) is 3.86. The monoisotopic (exact) mass is 544 g/mol. The number of hydrogen-bond donors (Lipinski definition) is 2. The summed E-state index contributed by atoms with van der Waals surface area (Å²) in [6, 6.07) is 22.3. The van der Waals surface area contributed by atoms with Crippen LogP contribution in [0.2, 0.25) is 0 Å². The van der Waals surface area contributed by atoms with Crippen molar-refractivity contribution in [2.45, 2.75) is 32.3 Å². The first-order valence-corrected chi connectivity index (χ1v) is 13.8. The molecule has 2 N–H and O–H groups in total. The molecule has 0 radical (unpaired) electrons. The third-order valence-electron chi connectivity index (χ3n) is 6.08. The summed E-state index contributed by atoms with van der Waals surface area (Å²) in [6.07, 6.45) is -2.06. The van der Waals surface area contributed by atoms with Gasteiger partial charge in [0.2, 0.25) is 6.16 Å². The smallest absolute Gasteiger partial charge is 0.481 e. The zero-order valence-corrected chi connectivity index (χ0v) is 22.5. The largest absolute Gasteiger partial charge is 0.511 e. The molecule has 0 spiro atoms. The van der Waals surface area contributed by atoms with E-state index in [2.05, 4.69) is 30.0 Å². The summed E-state index contributed by atoms with van der Waals surface area (Å²) in [5, 5.41) is 20.6. The fourth-order valence-corrected chi connectivity index (χ4v) is 5.06. The number of carbonyl (C=O) groups is 1. The fourth-order valence-electron chi connectivity index (χ4n) is 4.28. The van der Waals surface area contributed by atoms with Gasteiger partial charge in [0.05, 0.1) is 23.4 Å². The number of aliphatic hydroxyl groups excluding tert-OH is 1. The van der Waals surface area contributed by atoms with Crippen LogP contribution in [0.15, 0.2) is 72.8 Å². The van der Waals surface area contributed by atoms with Crippen LogP contribution >= 0.6 is 8.03 Å². The molecule has 0 saturated carbocycles. The normalized spacial score (nSPS) is 12.2. The molecule has 1 unspecified atom stereocenters. The first-order chi connectivity index (χ1) is 18.7. The molecule has 198 valence electrons. The van der Waals surface area contributed by atoms with Crippen molar-refractivity contribution in [2.75, 3.05) is 12.8 Å². The molecular weight excluding hydrogens is 516 g/mol. The van der Waals surface area contributed by atoms with Crippen molar-refractivity contribution in [3.8, 4) is 34.2 Å². The van der Waals surface area contributed by atoms with E-state index >= 15 is 0 Å². The first kappa shape index (κ1) is 28.1. The highest BCUT2D eigenvalue weighted by molar-refractivity contribution is 7.39. The molecule has 0 bridgehead atoms. The second kappa shape index (κ2) is 12.7. The Balaban J connectivity index is 1.75. The molecule has 8 heteroatoms. The number of carboxylic acids is 1. The Labute approximate surface area is 227 Å². The molecule has 0 aliphatic carbocycles. The molecule has 39 heavy (non-hydrogen) atoms. The van der Waals surface area contributed by atoms with Crippen LogP contribution < -0.4 is 0 Å². The highest BCUT2D eigenvalue weighted by Gasteiger charge is 2.25. The van der Waals surface area contributed by atoms with E-state index in [4.69, 9.17) is 14.6 Å². The van der Waals surface area contributed by atoms with Crippen molar-refractivity contribution < 1.29 is 28.5 Å². The number of benzene rings is 3. The third kappa shape index (κ3) is 7.13. The van der Waals surface area contributed by atoms with Gasteiger partial charge in [0, 0.05) is 11.1 Å². The molecule has 3 aromatic carbocycles. The molecular formula is C31H28FNO5P+. The molecule has 2 atom stereocenters. The summed E-state index contributed by atoms with van der Waals surface area (Å²) in [4.78, 5) is 15.7. The number of pyridine rings is 1. The molecule has 4 aromatic rings. The predicted molar refractivity (Wildman–Crippen MR) is 150 cm³/mol. The van der Waals surface area contributed by atoms with Gasteiger partial charge in [0.1, 0.15) is 11.9 Å². The highest BCUT2D eigenvalue weighted by Crippen LogP contribution is 2.35. The molecule has 0 aliphatic heterocycles. The zero-order chi connectivity index (χ0) is 27.9. The van der Waals surface area contributed by atoms with Crippen molar-refractivity contribution in [2.24, 2.45) is 0 Å². The Bertz CT molecular complexity index is 1570. The molecule has 1 heterocycles. The van der Waals surface area contributed by atoms with Crippen molar-refractivity contribution in [3.05, 3.63) is 89.9 Å². The SMILES string of the molecule is CC(C)c1nc(-c2cccc3ccccc23)cc(-c2ccc(F)cc2)c1C#CCO[P+](=O)C[C@@H](O)CC(=O)O. The van der Waals surface area contributed by atoms with E-state index in [9.17, 15) is 18.9 Å². The summed E-state index contributed by atoms with van der Waals surface area (Å²) in [5.74, 6) is 4.48. The number of carboxylic acid groups (broad SMARTS) is 1. The predicted octanol–water partition coefficient (Wildman–Crippen LogP) is 6.78. The number of nitrogens with zero attached hydrogens (tertiary/aromatic N) is 1. The lowest BCUT2D eigenvalue weighted by Gasteiger charge is -2.17. The molecule has 4 rings (SSSR count). The summed E-state index contributed by atoms with van der Waals surface area (Å²) < 4.78 is 31.1. The Kier molecular flexibility index (Phi) is 9.16. The zero-order valence-electron chi connectivity index (χ0n) is 21.6. The highest BCUT2D eigenvalue weighted by atomic mass is 31.1. The van der Waals surface area contributed by atoms with E-state index in [-0.39, 0.29) is 24.5 Å². The number of halogens is 1. The quantitative estimate of drug-likeness (QED) is 0.178. The molecule has 0 aliphatic rings. The van der Waals surface area contributed by atoms with Gasteiger partial charge in [0.25, 0.3) is 0 Å². The summed E-state index contributed by atoms with van der Waals surface area (Å²) >= 11 is 0. The first-order valence-electron chi connectivity index (χ1n) is 12.5. The summed E-state index contributed by atoms with van der Waals surface area (Å²) in [5.41, 5.74) is 4.71. The maximum atomic E-state index is 13.8. The molecule has 1 aromatic heterocycles. The average Bonchev–Trinajstić information content (AvgIpc) is 2.90. The second-order valence-corrected chi connectivity index (χ2v) is 10.6. The van der Waals surface area contributed by atoms with Crippen LogP contribution in [0.5, 0.6) is 0 Å². The van der Waals surface area contributed by atoms with Gasteiger partial charge in [-0.3, -0.25) is 9.78 Å². The Morgan fingerprint density at radius 1 is 1.05 bits per heavy atom. The Morgan fingerprint density at radius 3 is 2.49 bits per heavy atom. The second-order valence-electron chi connectivity index (χ2n) is 9.35. The van der Waals surface area contributed by atoms with Gasteiger partial charge in [-0.2, -0.15) is 0 Å². The maximum absolute atomic E-state index is 13.8. The van der Waals surface area contributed by atoms with Crippen molar-refractivity contribution >= 4 is 24.8 Å². The minimum atomic E-state index is -2.28. The fraction of sp³-hybridized carbons (Fsp3) is 0.226. The van der Waals surface area contributed by atoms with Gasteiger partial charge in [0.15, 0.2) is 6.61 Å². The Hall–Kier alpha value is -3.95. The summed E-state index contributed by atoms with van der Waals surface area (Å²) in [7, 11) is -2.28. The Morgan fingerprint density at radius 2 is 1.77 bits per heavy atom. The van der Waals surface area contributed by atoms with Crippen molar-refractivity contribution in [3.63, 3.8) is 0 Å². The molecule has 0 fully saturated rings. The van der Waals surface area contributed by atoms with Gasteiger partial charge in [-0.25, -0.2) is 4.39 Å². The van der Waals surface area contributed by atoms with Gasteiger partial charge in [-0.15, -0.1) is 4.52 Å². The minimum Gasteiger partial charge on any atom is -0.481 e. The standard InChI is InChI=1S/C31H27FNO5P/c1-20(2)31-27(11-6-16-38-39(37)19-24(34)17-30(35)36)28(22-12-14-23(32)15-13-22)18-29(33-31)26-10-5-8-21-7-3-4-9-25(21)26/h3-5,7-10,12-15,18,20,24,34H,16-17,19H2,1-2H3/p+1/t24-/m0/s1. The van der Waals surface area contributed by atoms with E-state index in [1.54, 1.807) is 12.1 Å². The molecule has 0 amide bonds. The van der Waals surface area contributed by atoms with Crippen LogP contribution in [0.25, 0.3) is 33.2 Å². The number of rotatable bonds is 9. The van der Waals surface area contributed by atoms with Crippen molar-refractivity contribution in [1.82, 2.24) is 4.98 Å². The van der Waals surface area contributed by atoms with E-state index in [0.29, 0.717) is 5.56 Å². The molecule has 0 saturated heterocycles. The van der Waals surface area contributed by atoms with Crippen LogP contribution in [0, 0.1) is 17.7 Å². The number of hydrogen-bond acceptors (Lipinski definition) is 5.